The summed E-state index contributed by atoms with van der Waals surface area (Å²) in [6.07, 6.45) is 1.06. The minimum Gasteiger partial charge on any atom is -0.337 e. The maximum absolute atomic E-state index is 12.9. The highest BCUT2D eigenvalue weighted by molar-refractivity contribution is 7.94. The minimum atomic E-state index is -3.86. The fraction of sp³-hybridized carbons (Fsp3) is 0.182. The molecule has 1 atom stereocenters. The normalized spacial score (nSPS) is 12.6. The molecule has 4 aromatic rings. The van der Waals surface area contributed by atoms with E-state index in [9.17, 15) is 8.42 Å². The maximum atomic E-state index is 12.9. The smallest absolute Gasteiger partial charge is 0.272 e. The lowest BCUT2D eigenvalue weighted by atomic mass is 9.99. The Morgan fingerprint density at radius 1 is 0.968 bits per heavy atom. The summed E-state index contributed by atoms with van der Waals surface area (Å²) in [5.41, 5.74) is 3.27. The van der Waals surface area contributed by atoms with Crippen molar-refractivity contribution >= 4 is 61.3 Å². The Bertz CT molecular complexity index is 1320. The SMILES string of the molecule is CCC(C)c1ccc(Nc2nc3ccccc3nc2NS(=O)(=O)c2ccc(Cl)s2)cc1. The van der Waals surface area contributed by atoms with Gasteiger partial charge in [-0.2, -0.15) is 0 Å². The van der Waals surface area contributed by atoms with Gasteiger partial charge in [0.15, 0.2) is 11.6 Å². The average molecular weight is 473 g/mol. The van der Waals surface area contributed by atoms with Crippen LogP contribution < -0.4 is 10.0 Å². The number of rotatable bonds is 7. The Kier molecular flexibility index (Phi) is 6.13. The maximum Gasteiger partial charge on any atom is 0.272 e. The zero-order valence-corrected chi connectivity index (χ0v) is 19.4. The number of sulfonamides is 1. The van der Waals surface area contributed by atoms with Gasteiger partial charge in [-0.1, -0.05) is 49.7 Å². The number of anilines is 3. The van der Waals surface area contributed by atoms with Crippen molar-refractivity contribution in [3.05, 3.63) is 70.6 Å². The van der Waals surface area contributed by atoms with E-state index in [1.807, 2.05) is 30.3 Å². The van der Waals surface area contributed by atoms with Crippen LogP contribution in [0, 0.1) is 0 Å². The highest BCUT2D eigenvalue weighted by atomic mass is 35.5. The van der Waals surface area contributed by atoms with Crippen LogP contribution in [0.1, 0.15) is 31.7 Å². The summed E-state index contributed by atoms with van der Waals surface area (Å²) < 4.78 is 28.8. The van der Waals surface area contributed by atoms with Gasteiger partial charge in [-0.05, 0) is 54.3 Å². The third-order valence-electron chi connectivity index (χ3n) is 4.97. The summed E-state index contributed by atoms with van der Waals surface area (Å²) >= 11 is 6.90. The molecule has 0 saturated heterocycles. The second-order valence-electron chi connectivity index (χ2n) is 7.13. The summed E-state index contributed by atoms with van der Waals surface area (Å²) in [5, 5.41) is 3.20. The van der Waals surface area contributed by atoms with Crippen LogP contribution in [-0.4, -0.2) is 18.4 Å². The van der Waals surface area contributed by atoms with Crippen LogP contribution in [0.25, 0.3) is 11.0 Å². The van der Waals surface area contributed by atoms with E-state index in [4.69, 9.17) is 11.6 Å². The van der Waals surface area contributed by atoms with Crippen LogP contribution in [0.4, 0.5) is 17.3 Å². The molecule has 2 heterocycles. The first-order chi connectivity index (χ1) is 14.9. The quantitative estimate of drug-likeness (QED) is 0.325. The van der Waals surface area contributed by atoms with Crippen LogP contribution in [0.3, 0.4) is 0 Å². The van der Waals surface area contributed by atoms with Gasteiger partial charge in [0.05, 0.1) is 15.4 Å². The molecule has 6 nitrogen and oxygen atoms in total. The average Bonchev–Trinajstić information content (AvgIpc) is 3.21. The van der Waals surface area contributed by atoms with Gasteiger partial charge in [0.25, 0.3) is 10.0 Å². The standard InChI is InChI=1S/C22H21ClN4O2S2/c1-3-14(2)15-8-10-16(11-9-15)24-21-22(26-18-7-5-4-6-17(18)25-21)27-31(28,29)20-13-12-19(23)30-20/h4-14H,3H2,1-2H3,(H,24,25)(H,26,27). The van der Waals surface area contributed by atoms with Crippen molar-refractivity contribution in [2.75, 3.05) is 10.0 Å². The number of fused-ring (bicyclic) bond motifs is 1. The zero-order chi connectivity index (χ0) is 22.0. The van der Waals surface area contributed by atoms with Crippen molar-refractivity contribution in [2.45, 2.75) is 30.4 Å². The number of benzene rings is 2. The Hall–Kier alpha value is -2.68. The van der Waals surface area contributed by atoms with Crippen molar-refractivity contribution in [3.8, 4) is 0 Å². The van der Waals surface area contributed by atoms with Gasteiger partial charge in [-0.15, -0.1) is 11.3 Å². The molecule has 0 amide bonds. The summed E-state index contributed by atoms with van der Waals surface area (Å²) in [7, 11) is -3.86. The number of nitrogens with zero attached hydrogens (tertiary/aromatic N) is 2. The van der Waals surface area contributed by atoms with Crippen molar-refractivity contribution in [3.63, 3.8) is 0 Å². The third-order valence-corrected chi connectivity index (χ3v) is 8.03. The van der Waals surface area contributed by atoms with E-state index in [2.05, 4.69) is 46.0 Å². The molecule has 0 radical (unpaired) electrons. The van der Waals surface area contributed by atoms with Gasteiger partial charge in [-0.3, -0.25) is 4.72 Å². The molecule has 1 unspecified atom stereocenters. The molecule has 2 N–H and O–H groups in total. The number of aromatic nitrogens is 2. The van der Waals surface area contributed by atoms with Crippen molar-refractivity contribution in [1.82, 2.24) is 9.97 Å². The van der Waals surface area contributed by atoms with Gasteiger partial charge in [0.1, 0.15) is 4.21 Å². The number of halogens is 1. The van der Waals surface area contributed by atoms with E-state index in [1.54, 1.807) is 12.1 Å². The van der Waals surface area contributed by atoms with Crippen LogP contribution in [0.5, 0.6) is 0 Å². The Labute approximate surface area is 190 Å². The van der Waals surface area contributed by atoms with E-state index >= 15 is 0 Å². The monoisotopic (exact) mass is 472 g/mol. The number of hydrogen-bond donors (Lipinski definition) is 2. The van der Waals surface area contributed by atoms with Gasteiger partial charge in [-0.25, -0.2) is 18.4 Å². The molecule has 0 aliphatic carbocycles. The molecule has 0 spiro atoms. The highest BCUT2D eigenvalue weighted by Crippen LogP contribution is 2.31. The predicted molar refractivity (Wildman–Crippen MR) is 128 cm³/mol. The fourth-order valence-electron chi connectivity index (χ4n) is 3.05. The van der Waals surface area contributed by atoms with Crippen LogP contribution in [0.2, 0.25) is 4.34 Å². The molecule has 31 heavy (non-hydrogen) atoms. The first kappa shape index (κ1) is 21.5. The topological polar surface area (TPSA) is 84.0 Å². The van der Waals surface area contributed by atoms with E-state index in [1.165, 1.54) is 11.6 Å². The second kappa shape index (κ2) is 8.82. The second-order valence-corrected chi connectivity index (χ2v) is 10.8. The fourth-order valence-corrected chi connectivity index (χ4v) is 5.54. The first-order valence-corrected chi connectivity index (χ1v) is 12.5. The number of hydrogen-bond acceptors (Lipinski definition) is 6. The number of para-hydroxylation sites is 2. The largest absolute Gasteiger partial charge is 0.337 e. The lowest BCUT2D eigenvalue weighted by molar-refractivity contribution is 0.603. The molecular weight excluding hydrogens is 452 g/mol. The van der Waals surface area contributed by atoms with Gasteiger partial charge < -0.3 is 5.32 Å². The predicted octanol–water partition coefficient (Wildman–Crippen LogP) is 6.40. The molecule has 0 aliphatic heterocycles. The molecule has 160 valence electrons. The van der Waals surface area contributed by atoms with Crippen LogP contribution in [0.15, 0.2) is 64.9 Å². The van der Waals surface area contributed by atoms with E-state index < -0.39 is 10.0 Å². The summed E-state index contributed by atoms with van der Waals surface area (Å²) in [6.45, 7) is 4.33. The molecule has 4 rings (SSSR count). The van der Waals surface area contributed by atoms with Gasteiger partial charge in [0.2, 0.25) is 0 Å². The molecule has 2 aromatic carbocycles. The molecular formula is C22H21ClN4O2S2. The summed E-state index contributed by atoms with van der Waals surface area (Å²) in [4.78, 5) is 9.11. The molecule has 0 bridgehead atoms. The first-order valence-electron chi connectivity index (χ1n) is 9.77. The van der Waals surface area contributed by atoms with Crippen LogP contribution in [-0.2, 0) is 10.0 Å². The lowest BCUT2D eigenvalue weighted by Crippen LogP contribution is -2.15. The Morgan fingerprint density at radius 2 is 1.61 bits per heavy atom. The van der Waals surface area contributed by atoms with E-state index in [-0.39, 0.29) is 10.0 Å². The summed E-state index contributed by atoms with van der Waals surface area (Å²) in [6, 6.07) is 18.3. The minimum absolute atomic E-state index is 0.108. The summed E-state index contributed by atoms with van der Waals surface area (Å²) in [5.74, 6) is 0.907. The number of thiophene rings is 1. The molecule has 9 heteroatoms. The molecule has 0 fully saturated rings. The van der Waals surface area contributed by atoms with Gasteiger partial charge >= 0.3 is 0 Å². The Balaban J connectivity index is 1.71. The van der Waals surface area contributed by atoms with Crippen molar-refractivity contribution in [1.29, 1.82) is 0 Å². The van der Waals surface area contributed by atoms with Crippen LogP contribution >= 0.6 is 22.9 Å². The van der Waals surface area contributed by atoms with Crippen molar-refractivity contribution < 1.29 is 8.42 Å². The van der Waals surface area contributed by atoms with Crippen molar-refractivity contribution in [2.24, 2.45) is 0 Å². The third kappa shape index (κ3) is 4.81. The zero-order valence-electron chi connectivity index (χ0n) is 17.0. The van der Waals surface area contributed by atoms with E-state index in [0.717, 1.165) is 23.4 Å². The Morgan fingerprint density at radius 3 is 2.19 bits per heavy atom. The molecule has 0 saturated carbocycles. The molecule has 2 aromatic heterocycles. The van der Waals surface area contributed by atoms with E-state index in [0.29, 0.717) is 27.1 Å². The lowest BCUT2D eigenvalue weighted by Gasteiger charge is -2.14. The number of nitrogens with one attached hydrogen (secondary N) is 2. The molecule has 0 aliphatic rings. The highest BCUT2D eigenvalue weighted by Gasteiger charge is 2.21. The van der Waals surface area contributed by atoms with Gasteiger partial charge in [0, 0.05) is 5.69 Å².